The topological polar surface area (TPSA) is 55.1 Å². The van der Waals surface area contributed by atoms with E-state index in [1.165, 1.54) is 12.8 Å². The van der Waals surface area contributed by atoms with Crippen molar-refractivity contribution in [3.05, 3.63) is 0 Å². The normalized spacial score (nSPS) is 27.5. The van der Waals surface area contributed by atoms with E-state index < -0.39 is 0 Å². The van der Waals surface area contributed by atoms with Crippen molar-refractivity contribution in [2.75, 3.05) is 6.54 Å². The lowest BCUT2D eigenvalue weighted by Crippen LogP contribution is -2.36. The minimum atomic E-state index is 0.171. The smallest absolute Gasteiger partial charge is 0.220 e. The maximum atomic E-state index is 11.3. The van der Waals surface area contributed by atoms with Crippen molar-refractivity contribution in [2.24, 2.45) is 11.7 Å². The largest absolute Gasteiger partial charge is 0.353 e. The summed E-state index contributed by atoms with van der Waals surface area (Å²) in [6, 6.07) is 0.422. The van der Waals surface area contributed by atoms with Gasteiger partial charge in [0.2, 0.25) is 5.91 Å². The molecule has 1 aliphatic carbocycles. The molecular weight excluding hydrogens is 164 g/mol. The molecule has 13 heavy (non-hydrogen) atoms. The van der Waals surface area contributed by atoms with Crippen molar-refractivity contribution in [1.29, 1.82) is 0 Å². The molecular formula is C10H20N2O. The Balaban J connectivity index is 2.19. The highest BCUT2D eigenvalue weighted by molar-refractivity contribution is 5.76. The highest BCUT2D eigenvalue weighted by Crippen LogP contribution is 2.24. The van der Waals surface area contributed by atoms with Gasteiger partial charge in [-0.1, -0.05) is 13.3 Å². The molecule has 1 saturated carbocycles. The monoisotopic (exact) mass is 184 g/mol. The second kappa shape index (κ2) is 5.22. The Morgan fingerprint density at radius 3 is 2.85 bits per heavy atom. The molecule has 3 N–H and O–H groups in total. The number of hydrogen-bond acceptors (Lipinski definition) is 2. The van der Waals surface area contributed by atoms with Crippen molar-refractivity contribution < 1.29 is 4.79 Å². The van der Waals surface area contributed by atoms with Gasteiger partial charge in [-0.15, -0.1) is 0 Å². The molecule has 3 heteroatoms. The first-order chi connectivity index (χ1) is 6.24. The van der Waals surface area contributed by atoms with E-state index in [0.29, 0.717) is 24.9 Å². The van der Waals surface area contributed by atoms with Crippen LogP contribution in [0.4, 0.5) is 0 Å². The molecule has 0 aliphatic heterocycles. The van der Waals surface area contributed by atoms with Crippen LogP contribution in [0, 0.1) is 5.92 Å². The van der Waals surface area contributed by atoms with Crippen LogP contribution in [0.2, 0.25) is 0 Å². The average molecular weight is 184 g/mol. The Labute approximate surface area is 80.1 Å². The quantitative estimate of drug-likeness (QED) is 0.685. The number of hydrogen-bond donors (Lipinski definition) is 2. The average Bonchev–Trinajstić information content (AvgIpc) is 2.48. The molecule has 0 aromatic heterocycles. The molecule has 1 rings (SSSR count). The Morgan fingerprint density at radius 1 is 1.54 bits per heavy atom. The van der Waals surface area contributed by atoms with Gasteiger partial charge in [0.1, 0.15) is 0 Å². The molecule has 0 radical (unpaired) electrons. The molecule has 0 spiro atoms. The zero-order chi connectivity index (χ0) is 9.68. The third-order valence-electron chi connectivity index (χ3n) is 2.82. The number of carbonyl (C=O) groups is 1. The van der Waals surface area contributed by atoms with Crippen LogP contribution in [-0.2, 0) is 4.79 Å². The molecule has 1 aliphatic rings. The van der Waals surface area contributed by atoms with E-state index in [-0.39, 0.29) is 5.91 Å². The molecule has 0 bridgehead atoms. The fourth-order valence-corrected chi connectivity index (χ4v) is 1.90. The van der Waals surface area contributed by atoms with Gasteiger partial charge in [-0.3, -0.25) is 4.79 Å². The first-order valence-electron chi connectivity index (χ1n) is 5.23. The Bertz CT molecular complexity index is 170. The maximum Gasteiger partial charge on any atom is 0.220 e. The Kier molecular flexibility index (Phi) is 4.22. The summed E-state index contributed by atoms with van der Waals surface area (Å²) in [6.07, 6.45) is 5.03. The van der Waals surface area contributed by atoms with Gasteiger partial charge < -0.3 is 11.1 Å². The molecule has 2 unspecified atom stereocenters. The van der Waals surface area contributed by atoms with Crippen LogP contribution in [0.1, 0.15) is 39.0 Å². The van der Waals surface area contributed by atoms with Crippen molar-refractivity contribution >= 4 is 5.91 Å². The third-order valence-corrected chi connectivity index (χ3v) is 2.82. The second-order valence-corrected chi connectivity index (χ2v) is 3.97. The zero-order valence-corrected chi connectivity index (χ0v) is 8.38. The van der Waals surface area contributed by atoms with Crippen molar-refractivity contribution in [3.8, 4) is 0 Å². The molecule has 0 aromatic rings. The van der Waals surface area contributed by atoms with Crippen LogP contribution in [-0.4, -0.2) is 18.5 Å². The summed E-state index contributed by atoms with van der Waals surface area (Å²) in [5, 5.41) is 3.07. The van der Waals surface area contributed by atoms with Gasteiger partial charge in [0.05, 0.1) is 0 Å². The molecule has 1 fully saturated rings. The van der Waals surface area contributed by atoms with E-state index >= 15 is 0 Å². The van der Waals surface area contributed by atoms with Gasteiger partial charge in [0.15, 0.2) is 0 Å². The first-order valence-corrected chi connectivity index (χ1v) is 5.23. The maximum absolute atomic E-state index is 11.3. The Hall–Kier alpha value is -0.570. The Morgan fingerprint density at radius 2 is 2.31 bits per heavy atom. The summed E-state index contributed by atoms with van der Waals surface area (Å²) in [5.41, 5.74) is 5.33. The lowest BCUT2D eigenvalue weighted by Gasteiger charge is -2.16. The van der Waals surface area contributed by atoms with E-state index in [9.17, 15) is 4.79 Å². The van der Waals surface area contributed by atoms with Crippen LogP contribution < -0.4 is 11.1 Å². The van der Waals surface area contributed by atoms with Crippen LogP contribution in [0.25, 0.3) is 0 Å². The number of nitrogens with two attached hydrogens (primary N) is 1. The summed E-state index contributed by atoms with van der Waals surface area (Å²) in [5.74, 6) is 0.825. The van der Waals surface area contributed by atoms with Crippen LogP contribution in [0.3, 0.4) is 0 Å². The molecule has 0 saturated heterocycles. The summed E-state index contributed by atoms with van der Waals surface area (Å²) in [4.78, 5) is 11.3. The fraction of sp³-hybridized carbons (Fsp3) is 0.900. The van der Waals surface area contributed by atoms with Crippen molar-refractivity contribution in [3.63, 3.8) is 0 Å². The van der Waals surface area contributed by atoms with Gasteiger partial charge in [-0.05, 0) is 31.7 Å². The number of nitrogens with one attached hydrogen (secondary N) is 1. The molecule has 2 atom stereocenters. The summed E-state index contributed by atoms with van der Waals surface area (Å²) < 4.78 is 0. The highest BCUT2D eigenvalue weighted by Gasteiger charge is 2.24. The molecule has 1 amide bonds. The van der Waals surface area contributed by atoms with Gasteiger partial charge in [0.25, 0.3) is 0 Å². The van der Waals surface area contributed by atoms with Crippen LogP contribution in [0.15, 0.2) is 0 Å². The summed E-state index contributed by atoms with van der Waals surface area (Å²) in [7, 11) is 0. The van der Waals surface area contributed by atoms with E-state index in [2.05, 4.69) is 12.2 Å². The summed E-state index contributed by atoms with van der Waals surface area (Å²) >= 11 is 0. The van der Waals surface area contributed by atoms with Gasteiger partial charge in [0, 0.05) is 12.5 Å². The van der Waals surface area contributed by atoms with Crippen LogP contribution in [0.5, 0.6) is 0 Å². The highest BCUT2D eigenvalue weighted by atomic mass is 16.1. The van der Waals surface area contributed by atoms with Gasteiger partial charge in [-0.2, -0.15) is 0 Å². The van der Waals surface area contributed by atoms with Crippen LogP contribution >= 0.6 is 0 Å². The number of rotatable bonds is 4. The molecule has 0 aromatic carbocycles. The van der Waals surface area contributed by atoms with Crippen molar-refractivity contribution in [2.45, 2.75) is 45.1 Å². The van der Waals surface area contributed by atoms with E-state index in [4.69, 9.17) is 5.73 Å². The van der Waals surface area contributed by atoms with E-state index in [1.54, 1.807) is 0 Å². The minimum absolute atomic E-state index is 0.171. The van der Waals surface area contributed by atoms with Crippen molar-refractivity contribution in [1.82, 2.24) is 5.32 Å². The van der Waals surface area contributed by atoms with Gasteiger partial charge >= 0.3 is 0 Å². The summed E-state index contributed by atoms with van der Waals surface area (Å²) in [6.45, 7) is 2.81. The number of amides is 1. The zero-order valence-electron chi connectivity index (χ0n) is 8.38. The second-order valence-electron chi connectivity index (χ2n) is 3.97. The lowest BCUT2D eigenvalue weighted by atomic mass is 10.1. The molecule has 0 heterocycles. The fourth-order valence-electron chi connectivity index (χ4n) is 1.90. The minimum Gasteiger partial charge on any atom is -0.353 e. The molecule has 76 valence electrons. The SMILES string of the molecule is CC1CCCC1NC(=O)CCCN. The lowest BCUT2D eigenvalue weighted by molar-refractivity contribution is -0.122. The first kappa shape index (κ1) is 10.5. The van der Waals surface area contributed by atoms with E-state index in [0.717, 1.165) is 12.8 Å². The predicted octanol–water partition coefficient (Wildman–Crippen LogP) is 1.03. The van der Waals surface area contributed by atoms with E-state index in [1.807, 2.05) is 0 Å². The van der Waals surface area contributed by atoms with Gasteiger partial charge in [-0.25, -0.2) is 0 Å². The third kappa shape index (κ3) is 3.35. The molecule has 3 nitrogen and oxygen atoms in total. The number of carbonyl (C=O) groups excluding carboxylic acids is 1. The standard InChI is InChI=1S/C10H20N2O/c1-8-4-2-5-9(8)12-10(13)6-3-7-11/h8-9H,2-7,11H2,1H3,(H,12,13). The predicted molar refractivity (Wildman–Crippen MR) is 53.2 cm³/mol.